The molecule has 2 heterocycles. The normalized spacial score (nSPS) is 13.1. The van der Waals surface area contributed by atoms with Gasteiger partial charge in [-0.2, -0.15) is 0 Å². The summed E-state index contributed by atoms with van der Waals surface area (Å²) in [7, 11) is 1.76. The number of thiocarbonyl (C=S) groups is 1. The number of anilines is 2. The van der Waals surface area contributed by atoms with Crippen LogP contribution in [0.2, 0.25) is 0 Å². The molecule has 0 bridgehead atoms. The SMILES string of the molecule is CNc1nccc(-c2cccnc2Oc2ccc(NC(=O)C3=CC(Cl)=CCC3=S)cc2C)n1. The molecule has 166 valence electrons. The van der Waals surface area contributed by atoms with E-state index in [2.05, 4.69) is 25.6 Å². The molecule has 2 N–H and O–H groups in total. The average Bonchev–Trinajstić information content (AvgIpc) is 2.82. The van der Waals surface area contributed by atoms with Gasteiger partial charge < -0.3 is 15.4 Å². The molecule has 0 spiro atoms. The third-order valence-electron chi connectivity index (χ3n) is 4.88. The molecular formula is C24H20ClN5O2S. The van der Waals surface area contributed by atoms with Crippen molar-refractivity contribution in [3.05, 3.63) is 77.1 Å². The Kier molecular flexibility index (Phi) is 6.76. The molecule has 0 unspecified atom stereocenters. The summed E-state index contributed by atoms with van der Waals surface area (Å²) in [6.07, 6.45) is 7.17. The van der Waals surface area contributed by atoms with Crippen LogP contribution in [0.1, 0.15) is 12.0 Å². The van der Waals surface area contributed by atoms with Crippen LogP contribution < -0.4 is 15.4 Å². The van der Waals surface area contributed by atoms with Gasteiger partial charge in [-0.1, -0.05) is 29.9 Å². The molecule has 33 heavy (non-hydrogen) atoms. The van der Waals surface area contributed by atoms with Crippen molar-refractivity contribution in [1.82, 2.24) is 15.0 Å². The maximum atomic E-state index is 12.7. The van der Waals surface area contributed by atoms with Gasteiger partial charge in [0.15, 0.2) is 0 Å². The van der Waals surface area contributed by atoms with Crippen LogP contribution >= 0.6 is 23.8 Å². The van der Waals surface area contributed by atoms with Crippen molar-refractivity contribution in [3.8, 4) is 22.9 Å². The summed E-state index contributed by atoms with van der Waals surface area (Å²) < 4.78 is 6.11. The molecule has 1 aliphatic rings. The molecule has 0 aliphatic heterocycles. The molecule has 0 fully saturated rings. The van der Waals surface area contributed by atoms with E-state index in [1.54, 1.807) is 49.8 Å². The monoisotopic (exact) mass is 477 g/mol. The molecule has 7 nitrogen and oxygen atoms in total. The van der Waals surface area contributed by atoms with Gasteiger partial charge in [0.25, 0.3) is 5.91 Å². The molecular weight excluding hydrogens is 458 g/mol. The Hall–Kier alpha value is -3.62. The predicted molar refractivity (Wildman–Crippen MR) is 134 cm³/mol. The van der Waals surface area contributed by atoms with E-state index in [0.29, 0.717) is 50.8 Å². The fraction of sp³-hybridized carbons (Fsp3) is 0.125. The Morgan fingerprint density at radius 3 is 2.82 bits per heavy atom. The molecule has 0 saturated heterocycles. The van der Waals surface area contributed by atoms with Gasteiger partial charge in [-0.15, -0.1) is 0 Å². The van der Waals surface area contributed by atoms with Crippen LogP contribution in [0.5, 0.6) is 11.6 Å². The van der Waals surface area contributed by atoms with Gasteiger partial charge in [-0.3, -0.25) is 4.79 Å². The number of hydrogen-bond acceptors (Lipinski definition) is 7. The number of rotatable bonds is 6. The largest absolute Gasteiger partial charge is 0.438 e. The van der Waals surface area contributed by atoms with E-state index >= 15 is 0 Å². The molecule has 1 aromatic carbocycles. The van der Waals surface area contributed by atoms with Gasteiger partial charge in [0.05, 0.1) is 16.8 Å². The van der Waals surface area contributed by atoms with Crippen molar-refractivity contribution in [2.75, 3.05) is 17.7 Å². The summed E-state index contributed by atoms with van der Waals surface area (Å²) in [6.45, 7) is 1.89. The Balaban J connectivity index is 1.55. The summed E-state index contributed by atoms with van der Waals surface area (Å²) in [6, 6.07) is 10.9. The number of benzene rings is 1. The van der Waals surface area contributed by atoms with Gasteiger partial charge >= 0.3 is 0 Å². The molecule has 9 heteroatoms. The third kappa shape index (κ3) is 5.24. The van der Waals surface area contributed by atoms with E-state index < -0.39 is 0 Å². The van der Waals surface area contributed by atoms with E-state index in [1.807, 2.05) is 25.1 Å². The molecule has 2 aromatic heterocycles. The van der Waals surface area contributed by atoms with Crippen LogP contribution in [0.4, 0.5) is 11.6 Å². The molecule has 1 aliphatic carbocycles. The van der Waals surface area contributed by atoms with Crippen molar-refractivity contribution in [2.45, 2.75) is 13.3 Å². The number of nitrogens with one attached hydrogen (secondary N) is 2. The van der Waals surface area contributed by atoms with E-state index in [4.69, 9.17) is 28.6 Å². The van der Waals surface area contributed by atoms with Gasteiger partial charge in [0.2, 0.25) is 11.8 Å². The highest BCUT2D eigenvalue weighted by Crippen LogP contribution is 2.33. The van der Waals surface area contributed by atoms with Crippen molar-refractivity contribution < 1.29 is 9.53 Å². The number of ether oxygens (including phenoxy) is 1. The molecule has 3 aromatic rings. The maximum absolute atomic E-state index is 12.7. The maximum Gasteiger partial charge on any atom is 0.256 e. The lowest BCUT2D eigenvalue weighted by molar-refractivity contribution is -0.112. The minimum absolute atomic E-state index is 0.296. The number of pyridine rings is 1. The van der Waals surface area contributed by atoms with E-state index in [-0.39, 0.29) is 5.91 Å². The first kappa shape index (κ1) is 22.6. The number of aryl methyl sites for hydroxylation is 1. The first-order valence-corrected chi connectivity index (χ1v) is 10.9. The zero-order valence-electron chi connectivity index (χ0n) is 17.9. The summed E-state index contributed by atoms with van der Waals surface area (Å²) >= 11 is 11.3. The van der Waals surface area contributed by atoms with Crippen LogP contribution in [-0.2, 0) is 4.79 Å². The lowest BCUT2D eigenvalue weighted by atomic mass is 10.0. The van der Waals surface area contributed by atoms with Gasteiger partial charge in [0.1, 0.15) is 5.75 Å². The molecule has 0 saturated carbocycles. The molecule has 1 amide bonds. The smallest absolute Gasteiger partial charge is 0.256 e. The zero-order valence-corrected chi connectivity index (χ0v) is 19.5. The topological polar surface area (TPSA) is 89.0 Å². The highest BCUT2D eigenvalue weighted by molar-refractivity contribution is 7.81. The Morgan fingerprint density at radius 1 is 1.18 bits per heavy atom. The lowest BCUT2D eigenvalue weighted by Gasteiger charge is -2.15. The fourth-order valence-electron chi connectivity index (χ4n) is 3.21. The second-order valence-electron chi connectivity index (χ2n) is 7.18. The second kappa shape index (κ2) is 9.89. The molecule has 4 rings (SSSR count). The van der Waals surface area contributed by atoms with Crippen LogP contribution in [0.3, 0.4) is 0 Å². The van der Waals surface area contributed by atoms with Crippen LogP contribution in [0, 0.1) is 6.92 Å². The van der Waals surface area contributed by atoms with Crippen LogP contribution in [-0.4, -0.2) is 32.8 Å². The summed E-state index contributed by atoms with van der Waals surface area (Å²) in [5.74, 6) is 1.23. The number of amides is 1. The van der Waals surface area contributed by atoms with Gasteiger partial charge in [-0.05, 0) is 55.0 Å². The van der Waals surface area contributed by atoms with Crippen molar-refractivity contribution in [2.24, 2.45) is 0 Å². The summed E-state index contributed by atoms with van der Waals surface area (Å²) in [5, 5.41) is 6.30. The summed E-state index contributed by atoms with van der Waals surface area (Å²) in [4.78, 5) is 26.2. The first-order chi connectivity index (χ1) is 15.9. The third-order valence-corrected chi connectivity index (χ3v) is 5.53. The van der Waals surface area contributed by atoms with Crippen molar-refractivity contribution in [3.63, 3.8) is 0 Å². The quantitative estimate of drug-likeness (QED) is 0.457. The Morgan fingerprint density at radius 2 is 2.03 bits per heavy atom. The number of aromatic nitrogens is 3. The first-order valence-electron chi connectivity index (χ1n) is 10.1. The zero-order chi connectivity index (χ0) is 23.4. The number of carbonyl (C=O) groups excluding carboxylic acids is 1. The van der Waals surface area contributed by atoms with E-state index in [0.717, 1.165) is 11.1 Å². The second-order valence-corrected chi connectivity index (χ2v) is 8.11. The number of carbonyl (C=O) groups is 1. The number of nitrogens with zero attached hydrogens (tertiary/aromatic N) is 3. The molecule has 0 radical (unpaired) electrons. The lowest BCUT2D eigenvalue weighted by Crippen LogP contribution is -2.20. The number of halogens is 1. The minimum atomic E-state index is -0.296. The van der Waals surface area contributed by atoms with Crippen molar-refractivity contribution in [1.29, 1.82) is 0 Å². The minimum Gasteiger partial charge on any atom is -0.438 e. The van der Waals surface area contributed by atoms with Crippen LogP contribution in [0.15, 0.2) is 71.5 Å². The standard InChI is InChI=1S/C24H20ClN5O2S/c1-14-12-16(29-22(31)18-13-15(25)5-8-21(18)33)6-7-20(14)32-23-17(4-3-10-27-23)19-9-11-28-24(26-2)30-19/h3-7,9-13H,8H2,1-2H3,(H,29,31)(H,26,28,30). The van der Waals surface area contributed by atoms with E-state index in [1.165, 1.54) is 0 Å². The fourth-order valence-corrected chi connectivity index (χ4v) is 3.63. The highest BCUT2D eigenvalue weighted by atomic mass is 35.5. The van der Waals surface area contributed by atoms with Gasteiger partial charge in [0, 0.05) is 41.4 Å². The van der Waals surface area contributed by atoms with Gasteiger partial charge in [-0.25, -0.2) is 15.0 Å². The average molecular weight is 478 g/mol. The number of hydrogen-bond donors (Lipinski definition) is 2. The Bertz CT molecular complexity index is 1310. The summed E-state index contributed by atoms with van der Waals surface area (Å²) in [5.41, 5.74) is 3.26. The molecule has 0 atom stereocenters. The number of allylic oxidation sites excluding steroid dienone is 3. The highest BCUT2D eigenvalue weighted by Gasteiger charge is 2.18. The Labute approximate surface area is 201 Å². The van der Waals surface area contributed by atoms with Crippen molar-refractivity contribution >= 4 is 46.2 Å². The van der Waals surface area contributed by atoms with E-state index in [9.17, 15) is 4.79 Å². The predicted octanol–water partition coefficient (Wildman–Crippen LogP) is 5.44. The van der Waals surface area contributed by atoms with Crippen LogP contribution in [0.25, 0.3) is 11.3 Å².